The van der Waals surface area contributed by atoms with Crippen molar-refractivity contribution < 1.29 is 0 Å². The molecule has 2 heterocycles. The lowest BCUT2D eigenvalue weighted by Crippen LogP contribution is -2.39. The Balaban J connectivity index is 0.00000264. The molecule has 128 valence electrons. The Morgan fingerprint density at radius 3 is 2.35 bits per heavy atom. The normalized spacial score (nSPS) is 11.2. The van der Waals surface area contributed by atoms with Crippen molar-refractivity contribution >= 4 is 52.6 Å². The van der Waals surface area contributed by atoms with Gasteiger partial charge in [-0.25, -0.2) is 9.97 Å². The highest BCUT2D eigenvalue weighted by molar-refractivity contribution is 14.0. The molecule has 0 saturated carbocycles. The summed E-state index contributed by atoms with van der Waals surface area (Å²) in [5.41, 5.74) is 1.14. The molecule has 0 fully saturated rings. The molecule has 0 spiro atoms. The molecule has 2 aromatic rings. The molecule has 23 heavy (non-hydrogen) atoms. The topological polar surface area (TPSA) is 62.2 Å². The van der Waals surface area contributed by atoms with E-state index in [0.717, 1.165) is 47.6 Å². The van der Waals surface area contributed by atoms with Crippen molar-refractivity contribution in [2.75, 3.05) is 20.1 Å². The highest BCUT2D eigenvalue weighted by atomic mass is 127. The number of nitrogens with zero attached hydrogens (tertiary/aromatic N) is 3. The molecule has 5 nitrogen and oxygen atoms in total. The first-order chi connectivity index (χ1) is 10.6. The third-order valence-electron chi connectivity index (χ3n) is 3.17. The predicted octanol–water partition coefficient (Wildman–Crippen LogP) is 3.09. The Hall–Kier alpha value is -0.740. The molecular weight excluding hydrogens is 441 g/mol. The second kappa shape index (κ2) is 10.2. The molecule has 2 rings (SSSR count). The Bertz CT molecular complexity index is 636. The quantitative estimate of drug-likeness (QED) is 0.391. The van der Waals surface area contributed by atoms with E-state index >= 15 is 0 Å². The molecule has 0 aliphatic carbocycles. The molecule has 0 bridgehead atoms. The molecule has 8 heteroatoms. The molecule has 2 N–H and O–H groups in total. The molecule has 0 radical (unpaired) electrons. The van der Waals surface area contributed by atoms with Gasteiger partial charge in [-0.3, -0.25) is 4.99 Å². The van der Waals surface area contributed by atoms with Gasteiger partial charge in [0.15, 0.2) is 5.96 Å². The van der Waals surface area contributed by atoms with Crippen LogP contribution in [-0.2, 0) is 12.8 Å². The average molecular weight is 465 g/mol. The summed E-state index contributed by atoms with van der Waals surface area (Å²) in [6, 6.07) is 0. The fraction of sp³-hybridized carbons (Fsp3) is 0.533. The summed E-state index contributed by atoms with van der Waals surface area (Å²) in [6.45, 7) is 7.90. The van der Waals surface area contributed by atoms with Gasteiger partial charge in [-0.2, -0.15) is 0 Å². The maximum absolute atomic E-state index is 4.45. The minimum Gasteiger partial charge on any atom is -0.356 e. The van der Waals surface area contributed by atoms with Crippen LogP contribution in [0.3, 0.4) is 0 Å². The van der Waals surface area contributed by atoms with E-state index in [1.165, 1.54) is 9.75 Å². The zero-order valence-electron chi connectivity index (χ0n) is 14.0. The summed E-state index contributed by atoms with van der Waals surface area (Å²) in [5.74, 6) is 0.840. The second-order valence-electron chi connectivity index (χ2n) is 5.03. The lowest BCUT2D eigenvalue weighted by molar-refractivity contribution is 0.783. The van der Waals surface area contributed by atoms with Crippen LogP contribution in [0, 0.1) is 20.8 Å². The summed E-state index contributed by atoms with van der Waals surface area (Å²) in [4.78, 5) is 15.7. The number of guanidine groups is 1. The van der Waals surface area contributed by atoms with Gasteiger partial charge in [0.1, 0.15) is 0 Å². The van der Waals surface area contributed by atoms with Crippen molar-refractivity contribution in [1.82, 2.24) is 20.6 Å². The van der Waals surface area contributed by atoms with Crippen LogP contribution in [0.25, 0.3) is 0 Å². The van der Waals surface area contributed by atoms with Gasteiger partial charge in [0.25, 0.3) is 0 Å². The number of hydrogen-bond donors (Lipinski definition) is 2. The molecule has 0 amide bonds. The predicted molar refractivity (Wildman–Crippen MR) is 111 cm³/mol. The van der Waals surface area contributed by atoms with E-state index in [1.54, 1.807) is 29.7 Å². The fourth-order valence-corrected chi connectivity index (χ4v) is 3.85. The SMILES string of the molecule is CN=C(NCCc1ncc(C)s1)NCCc1sc(C)nc1C.I. The van der Waals surface area contributed by atoms with Crippen LogP contribution in [0.4, 0.5) is 0 Å². The molecule has 0 saturated heterocycles. The van der Waals surface area contributed by atoms with Gasteiger partial charge >= 0.3 is 0 Å². The molecule has 0 aliphatic rings. The standard InChI is InChI=1S/C15H23N5S2.HI/c1-10-9-19-14(21-10)6-8-18-15(16-4)17-7-5-13-11(2)20-12(3)22-13;/h9H,5-8H2,1-4H3,(H2,16,17,18);1H. The Labute approximate surface area is 163 Å². The lowest BCUT2D eigenvalue weighted by Gasteiger charge is -2.10. The first-order valence-corrected chi connectivity index (χ1v) is 9.00. The van der Waals surface area contributed by atoms with E-state index in [4.69, 9.17) is 0 Å². The number of aromatic nitrogens is 2. The van der Waals surface area contributed by atoms with Crippen LogP contribution in [0.15, 0.2) is 11.2 Å². The molecule has 0 aromatic carbocycles. The first kappa shape index (κ1) is 20.3. The van der Waals surface area contributed by atoms with Gasteiger partial charge in [0.05, 0.1) is 15.7 Å². The number of nitrogens with one attached hydrogen (secondary N) is 2. The van der Waals surface area contributed by atoms with Crippen LogP contribution in [-0.4, -0.2) is 36.1 Å². The lowest BCUT2D eigenvalue weighted by atomic mass is 10.3. The summed E-state index contributed by atoms with van der Waals surface area (Å²) in [5, 5.41) is 8.97. The molecule has 0 aliphatic heterocycles. The Morgan fingerprint density at radius 1 is 1.13 bits per heavy atom. The maximum atomic E-state index is 4.45. The van der Waals surface area contributed by atoms with E-state index in [0.29, 0.717) is 0 Å². The highest BCUT2D eigenvalue weighted by Gasteiger charge is 2.05. The van der Waals surface area contributed by atoms with Gasteiger partial charge in [0, 0.05) is 48.9 Å². The number of aliphatic imine (C=N–C) groups is 1. The van der Waals surface area contributed by atoms with Crippen molar-refractivity contribution in [3.63, 3.8) is 0 Å². The fourth-order valence-electron chi connectivity index (χ4n) is 2.13. The van der Waals surface area contributed by atoms with Crippen molar-refractivity contribution in [3.05, 3.63) is 31.7 Å². The highest BCUT2D eigenvalue weighted by Crippen LogP contribution is 2.17. The molecular formula is C15H24IN5S2. The largest absolute Gasteiger partial charge is 0.356 e. The molecule has 0 atom stereocenters. The zero-order chi connectivity index (χ0) is 15.9. The van der Waals surface area contributed by atoms with Crippen molar-refractivity contribution in [1.29, 1.82) is 0 Å². The van der Waals surface area contributed by atoms with E-state index in [9.17, 15) is 0 Å². The minimum atomic E-state index is 0. The third-order valence-corrected chi connectivity index (χ3v) is 5.27. The van der Waals surface area contributed by atoms with Gasteiger partial charge < -0.3 is 10.6 Å². The third kappa shape index (κ3) is 6.72. The number of thiazole rings is 2. The zero-order valence-corrected chi connectivity index (χ0v) is 17.9. The maximum Gasteiger partial charge on any atom is 0.191 e. The van der Waals surface area contributed by atoms with E-state index < -0.39 is 0 Å². The molecule has 0 unspecified atom stereocenters. The number of aryl methyl sites for hydroxylation is 3. The van der Waals surface area contributed by atoms with Crippen LogP contribution in [0.1, 0.15) is 25.5 Å². The Kier molecular flexibility index (Phi) is 9.00. The van der Waals surface area contributed by atoms with Crippen molar-refractivity contribution in [2.45, 2.75) is 33.6 Å². The van der Waals surface area contributed by atoms with Crippen LogP contribution in [0.5, 0.6) is 0 Å². The van der Waals surface area contributed by atoms with E-state index in [2.05, 4.69) is 46.4 Å². The van der Waals surface area contributed by atoms with E-state index in [1.807, 2.05) is 6.20 Å². The number of halogens is 1. The Morgan fingerprint density at radius 2 is 1.83 bits per heavy atom. The van der Waals surface area contributed by atoms with E-state index in [-0.39, 0.29) is 24.0 Å². The van der Waals surface area contributed by atoms with Gasteiger partial charge in [-0.15, -0.1) is 46.7 Å². The summed E-state index contributed by atoms with van der Waals surface area (Å²) in [7, 11) is 1.80. The summed E-state index contributed by atoms with van der Waals surface area (Å²) < 4.78 is 0. The number of hydrogen-bond acceptors (Lipinski definition) is 5. The smallest absolute Gasteiger partial charge is 0.191 e. The summed E-state index contributed by atoms with van der Waals surface area (Å²) in [6.07, 6.45) is 3.82. The summed E-state index contributed by atoms with van der Waals surface area (Å²) >= 11 is 3.52. The van der Waals surface area contributed by atoms with Crippen LogP contribution in [0.2, 0.25) is 0 Å². The van der Waals surface area contributed by atoms with Gasteiger partial charge in [0.2, 0.25) is 0 Å². The van der Waals surface area contributed by atoms with Crippen LogP contribution < -0.4 is 10.6 Å². The minimum absolute atomic E-state index is 0. The molecule has 2 aromatic heterocycles. The first-order valence-electron chi connectivity index (χ1n) is 7.37. The van der Waals surface area contributed by atoms with Crippen LogP contribution >= 0.6 is 46.7 Å². The number of rotatable bonds is 6. The van der Waals surface area contributed by atoms with Gasteiger partial charge in [-0.05, 0) is 20.8 Å². The van der Waals surface area contributed by atoms with Crippen molar-refractivity contribution in [2.24, 2.45) is 4.99 Å². The van der Waals surface area contributed by atoms with Crippen molar-refractivity contribution in [3.8, 4) is 0 Å². The van der Waals surface area contributed by atoms with Gasteiger partial charge in [-0.1, -0.05) is 0 Å². The second-order valence-corrected chi connectivity index (χ2v) is 7.64. The average Bonchev–Trinajstić information content (AvgIpc) is 3.03. The monoisotopic (exact) mass is 465 g/mol.